The number of hydrogen-bond donors (Lipinski definition) is 3. The number of aliphatic hydroxyl groups is 1. The molecule has 0 saturated carbocycles. The highest BCUT2D eigenvalue weighted by Crippen LogP contribution is 2.09. The zero-order valence-electron chi connectivity index (χ0n) is 21.5. The number of allylic oxidation sites excluding steroid dienone is 5. The number of amides is 1. The van der Waals surface area contributed by atoms with Crippen molar-refractivity contribution in [3.05, 3.63) is 36.5 Å². The second kappa shape index (κ2) is 22.1. The standard InChI is InChI=1S/C27H49NO5S/c1-3-5-7-9-10-11-12-13-14-15-16-17-19-21-23-27(30)28-25(24-34(31,32)33)26(29)22-20-18-8-6-4-2/h9-10,12-13,20,22,25-26,29H,3-8,11,14-19,21,23-24H2,1-2H3,(H,28,30)(H,31,32,33)/b10-9-,13-12-,22-20+. The normalized spacial score (nSPS) is 14.4. The molecule has 0 fully saturated rings. The minimum Gasteiger partial charge on any atom is -0.387 e. The van der Waals surface area contributed by atoms with E-state index in [1.54, 1.807) is 6.08 Å². The van der Waals surface area contributed by atoms with E-state index in [1.807, 2.05) is 0 Å². The molecule has 2 unspecified atom stereocenters. The largest absolute Gasteiger partial charge is 0.387 e. The van der Waals surface area contributed by atoms with E-state index in [9.17, 15) is 22.9 Å². The van der Waals surface area contributed by atoms with E-state index in [0.29, 0.717) is 6.42 Å². The summed E-state index contributed by atoms with van der Waals surface area (Å²) in [4.78, 5) is 12.2. The molecule has 198 valence electrons. The van der Waals surface area contributed by atoms with Crippen molar-refractivity contribution in [2.24, 2.45) is 0 Å². The molecule has 6 nitrogen and oxygen atoms in total. The number of carbonyl (C=O) groups excluding carboxylic acids is 1. The third-order valence-corrected chi connectivity index (χ3v) is 6.34. The van der Waals surface area contributed by atoms with Crippen molar-refractivity contribution in [1.29, 1.82) is 0 Å². The molecule has 0 aromatic heterocycles. The number of unbranched alkanes of at least 4 members (excludes halogenated alkanes) is 10. The summed E-state index contributed by atoms with van der Waals surface area (Å²) < 4.78 is 31.8. The molecule has 2 atom stereocenters. The average Bonchev–Trinajstić information content (AvgIpc) is 2.77. The van der Waals surface area contributed by atoms with Gasteiger partial charge in [-0.05, 0) is 44.9 Å². The number of hydrogen-bond acceptors (Lipinski definition) is 4. The Morgan fingerprint density at radius 2 is 1.35 bits per heavy atom. The van der Waals surface area contributed by atoms with Crippen LogP contribution < -0.4 is 5.32 Å². The number of nitrogens with one attached hydrogen (secondary N) is 1. The molecule has 0 spiro atoms. The summed E-state index contributed by atoms with van der Waals surface area (Å²) in [5.41, 5.74) is 0. The van der Waals surface area contributed by atoms with E-state index in [-0.39, 0.29) is 12.3 Å². The van der Waals surface area contributed by atoms with E-state index >= 15 is 0 Å². The smallest absolute Gasteiger partial charge is 0.267 e. The van der Waals surface area contributed by atoms with Gasteiger partial charge in [0.15, 0.2) is 0 Å². The summed E-state index contributed by atoms with van der Waals surface area (Å²) >= 11 is 0. The SMILES string of the molecule is CCCC/C=C\C/C=C\CCCCCCCC(=O)NC(CS(=O)(=O)O)C(O)/C=C/CCCCC. The molecule has 0 aliphatic heterocycles. The minimum absolute atomic E-state index is 0.277. The predicted octanol–water partition coefficient (Wildman–Crippen LogP) is 6.28. The average molecular weight is 500 g/mol. The van der Waals surface area contributed by atoms with Gasteiger partial charge in [0.05, 0.1) is 17.9 Å². The highest BCUT2D eigenvalue weighted by atomic mass is 32.2. The van der Waals surface area contributed by atoms with Crippen LogP contribution in [0.15, 0.2) is 36.5 Å². The Balaban J connectivity index is 4.08. The van der Waals surface area contributed by atoms with E-state index in [1.165, 1.54) is 25.3 Å². The maximum Gasteiger partial charge on any atom is 0.267 e. The fourth-order valence-electron chi connectivity index (χ4n) is 3.52. The van der Waals surface area contributed by atoms with Gasteiger partial charge in [-0.3, -0.25) is 9.35 Å². The lowest BCUT2D eigenvalue weighted by molar-refractivity contribution is -0.122. The molecular weight excluding hydrogens is 450 g/mol. The molecule has 0 bridgehead atoms. The van der Waals surface area contributed by atoms with Crippen molar-refractivity contribution in [1.82, 2.24) is 5.32 Å². The molecule has 34 heavy (non-hydrogen) atoms. The van der Waals surface area contributed by atoms with Crippen molar-refractivity contribution >= 4 is 16.0 Å². The van der Waals surface area contributed by atoms with Crippen LogP contribution in [0.5, 0.6) is 0 Å². The summed E-state index contributed by atoms with van der Waals surface area (Å²) in [5.74, 6) is -1.01. The molecule has 7 heteroatoms. The topological polar surface area (TPSA) is 104 Å². The van der Waals surface area contributed by atoms with Gasteiger partial charge in [-0.1, -0.05) is 95.2 Å². The zero-order valence-corrected chi connectivity index (χ0v) is 22.3. The number of carbonyl (C=O) groups is 1. The molecule has 0 aromatic rings. The molecule has 0 aliphatic carbocycles. The van der Waals surface area contributed by atoms with Gasteiger partial charge in [-0.25, -0.2) is 0 Å². The first kappa shape index (κ1) is 32.6. The molecule has 0 saturated heterocycles. The van der Waals surface area contributed by atoms with Crippen LogP contribution in [0, 0.1) is 0 Å². The molecule has 0 heterocycles. The fourth-order valence-corrected chi connectivity index (χ4v) is 4.25. The van der Waals surface area contributed by atoms with Crippen molar-refractivity contribution in [3.8, 4) is 0 Å². The van der Waals surface area contributed by atoms with E-state index < -0.39 is 28.0 Å². The van der Waals surface area contributed by atoms with Crippen molar-refractivity contribution < 1.29 is 22.9 Å². The molecule has 0 rings (SSSR count). The van der Waals surface area contributed by atoms with Crippen LogP contribution in [0.3, 0.4) is 0 Å². The van der Waals surface area contributed by atoms with Crippen LogP contribution >= 0.6 is 0 Å². The van der Waals surface area contributed by atoms with Crippen molar-refractivity contribution in [2.45, 2.75) is 122 Å². The van der Waals surface area contributed by atoms with Crippen LogP contribution in [0.4, 0.5) is 0 Å². The van der Waals surface area contributed by atoms with Gasteiger partial charge < -0.3 is 10.4 Å². The second-order valence-electron chi connectivity index (χ2n) is 8.96. The fraction of sp³-hybridized carbons (Fsp3) is 0.741. The highest BCUT2D eigenvalue weighted by molar-refractivity contribution is 7.85. The van der Waals surface area contributed by atoms with Gasteiger partial charge >= 0.3 is 0 Å². The lowest BCUT2D eigenvalue weighted by Crippen LogP contribution is -2.46. The molecular formula is C27H49NO5S. The summed E-state index contributed by atoms with van der Waals surface area (Å²) in [6.07, 6.45) is 26.0. The van der Waals surface area contributed by atoms with Gasteiger partial charge in [-0.15, -0.1) is 0 Å². The zero-order chi connectivity index (χ0) is 25.5. The quantitative estimate of drug-likeness (QED) is 0.0924. The van der Waals surface area contributed by atoms with E-state index in [0.717, 1.165) is 64.2 Å². The maximum atomic E-state index is 12.2. The molecule has 0 radical (unpaired) electrons. The van der Waals surface area contributed by atoms with Gasteiger partial charge in [0.2, 0.25) is 5.91 Å². The lowest BCUT2D eigenvalue weighted by Gasteiger charge is -2.21. The number of aliphatic hydroxyl groups excluding tert-OH is 1. The number of rotatable bonds is 22. The first-order valence-electron chi connectivity index (χ1n) is 13.2. The minimum atomic E-state index is -4.32. The van der Waals surface area contributed by atoms with E-state index in [4.69, 9.17) is 0 Å². The molecule has 0 aromatic carbocycles. The lowest BCUT2D eigenvalue weighted by atomic mass is 10.1. The van der Waals surface area contributed by atoms with Gasteiger partial charge in [0.25, 0.3) is 10.1 Å². The third kappa shape index (κ3) is 22.4. The maximum absolute atomic E-state index is 12.2. The van der Waals surface area contributed by atoms with Gasteiger partial charge in [0.1, 0.15) is 0 Å². The second-order valence-corrected chi connectivity index (χ2v) is 10.5. The van der Waals surface area contributed by atoms with Crippen LogP contribution in [0.2, 0.25) is 0 Å². The summed E-state index contributed by atoms with van der Waals surface area (Å²) in [5, 5.41) is 12.9. The molecule has 0 aliphatic rings. The summed E-state index contributed by atoms with van der Waals surface area (Å²) in [7, 11) is -4.32. The third-order valence-electron chi connectivity index (χ3n) is 5.56. The first-order chi connectivity index (χ1) is 16.3. The highest BCUT2D eigenvalue weighted by Gasteiger charge is 2.24. The van der Waals surface area contributed by atoms with Gasteiger partial charge in [-0.2, -0.15) is 8.42 Å². The Morgan fingerprint density at radius 3 is 2.00 bits per heavy atom. The van der Waals surface area contributed by atoms with Crippen molar-refractivity contribution in [3.63, 3.8) is 0 Å². The Labute approximate surface area is 208 Å². The van der Waals surface area contributed by atoms with Crippen LogP contribution in [-0.4, -0.2) is 41.9 Å². The summed E-state index contributed by atoms with van der Waals surface area (Å²) in [6, 6.07) is -1.06. The van der Waals surface area contributed by atoms with Crippen LogP contribution in [0.25, 0.3) is 0 Å². The predicted molar refractivity (Wildman–Crippen MR) is 142 cm³/mol. The molecule has 1 amide bonds. The van der Waals surface area contributed by atoms with Crippen LogP contribution in [-0.2, 0) is 14.9 Å². The Morgan fingerprint density at radius 1 is 0.794 bits per heavy atom. The Hall–Kier alpha value is -1.44. The monoisotopic (exact) mass is 499 g/mol. The van der Waals surface area contributed by atoms with Gasteiger partial charge in [0, 0.05) is 6.42 Å². The molecule has 3 N–H and O–H groups in total. The van der Waals surface area contributed by atoms with Crippen LogP contribution in [0.1, 0.15) is 110 Å². The van der Waals surface area contributed by atoms with Crippen molar-refractivity contribution in [2.75, 3.05) is 5.75 Å². The Kier molecular flexibility index (Phi) is 21.1. The summed E-state index contributed by atoms with van der Waals surface area (Å²) in [6.45, 7) is 4.30. The van der Waals surface area contributed by atoms with E-state index in [2.05, 4.69) is 43.5 Å². The Bertz CT molecular complexity index is 685. The first-order valence-corrected chi connectivity index (χ1v) is 14.8.